The summed E-state index contributed by atoms with van der Waals surface area (Å²) in [6, 6.07) is 5.13. The molecule has 1 unspecified atom stereocenters. The number of halogens is 1. The molecular formula is C22H25FN8O3. The molecular weight excluding hydrogens is 443 g/mol. The zero-order chi connectivity index (χ0) is 23.3. The van der Waals surface area contributed by atoms with Crippen molar-refractivity contribution >= 4 is 17.5 Å². The van der Waals surface area contributed by atoms with Crippen LogP contribution in [-0.2, 0) is 21.6 Å². The van der Waals surface area contributed by atoms with Gasteiger partial charge in [0.25, 0.3) is 0 Å². The van der Waals surface area contributed by atoms with Gasteiger partial charge in [-0.25, -0.2) is 18.5 Å². The molecule has 6 rings (SSSR count). The summed E-state index contributed by atoms with van der Waals surface area (Å²) < 4.78 is 29.5. The van der Waals surface area contributed by atoms with Gasteiger partial charge >= 0.3 is 6.09 Å². The largest absolute Gasteiger partial charge is 0.442 e. The van der Waals surface area contributed by atoms with Crippen molar-refractivity contribution in [3.05, 3.63) is 48.3 Å². The van der Waals surface area contributed by atoms with E-state index in [1.807, 2.05) is 22.7 Å². The molecule has 2 aromatic heterocycles. The number of hydrogen-bond acceptors (Lipinski definition) is 8. The van der Waals surface area contributed by atoms with Gasteiger partial charge in [0, 0.05) is 19.3 Å². The summed E-state index contributed by atoms with van der Waals surface area (Å²) in [6.45, 7) is 4.82. The quantitative estimate of drug-likeness (QED) is 0.507. The van der Waals surface area contributed by atoms with E-state index in [2.05, 4.69) is 20.6 Å². The third-order valence-electron chi connectivity index (χ3n) is 6.79. The van der Waals surface area contributed by atoms with Gasteiger partial charge in [0.2, 0.25) is 0 Å². The Morgan fingerprint density at radius 1 is 1.24 bits per heavy atom. The first-order chi connectivity index (χ1) is 16.5. The summed E-state index contributed by atoms with van der Waals surface area (Å²) in [5.74, 6) is -0.356. The van der Waals surface area contributed by atoms with Gasteiger partial charge < -0.3 is 14.4 Å². The normalized spacial score (nSPS) is 25.1. The van der Waals surface area contributed by atoms with Crippen LogP contribution in [0.1, 0.15) is 31.5 Å². The van der Waals surface area contributed by atoms with Gasteiger partial charge in [-0.15, -0.1) is 10.2 Å². The van der Waals surface area contributed by atoms with E-state index in [0.29, 0.717) is 44.2 Å². The van der Waals surface area contributed by atoms with Crippen LogP contribution in [-0.4, -0.2) is 68.4 Å². The maximum absolute atomic E-state index is 15.1. The molecule has 0 spiro atoms. The maximum atomic E-state index is 15.1. The van der Waals surface area contributed by atoms with Crippen LogP contribution in [0.2, 0.25) is 0 Å². The van der Waals surface area contributed by atoms with Crippen LogP contribution in [0.3, 0.4) is 0 Å². The minimum Gasteiger partial charge on any atom is -0.442 e. The summed E-state index contributed by atoms with van der Waals surface area (Å²) in [4.78, 5) is 15.8. The fourth-order valence-electron chi connectivity index (χ4n) is 4.61. The van der Waals surface area contributed by atoms with Crippen molar-refractivity contribution < 1.29 is 18.7 Å². The zero-order valence-corrected chi connectivity index (χ0v) is 18.7. The minimum atomic E-state index is -0.490. The molecule has 0 bridgehead atoms. The maximum Gasteiger partial charge on any atom is 0.414 e. The molecule has 3 aliphatic rings. The number of piperidine rings is 1. The van der Waals surface area contributed by atoms with Crippen LogP contribution in [0.25, 0.3) is 0 Å². The number of amides is 1. The molecule has 1 aromatic carbocycles. The van der Waals surface area contributed by atoms with Crippen LogP contribution >= 0.6 is 0 Å². The van der Waals surface area contributed by atoms with E-state index in [1.54, 1.807) is 29.2 Å². The average molecular weight is 468 g/mol. The second kappa shape index (κ2) is 8.05. The first-order valence-electron chi connectivity index (χ1n) is 11.4. The van der Waals surface area contributed by atoms with Gasteiger partial charge in [-0.2, -0.15) is 0 Å². The molecule has 0 N–H and O–H groups in total. The molecule has 178 valence electrons. The van der Waals surface area contributed by atoms with Crippen LogP contribution in [0.5, 0.6) is 0 Å². The fraction of sp³-hybridized carbons (Fsp3) is 0.500. The lowest BCUT2D eigenvalue weighted by Crippen LogP contribution is -2.35. The Morgan fingerprint density at radius 3 is 2.76 bits per heavy atom. The van der Waals surface area contributed by atoms with Gasteiger partial charge in [0.15, 0.2) is 0 Å². The second-order valence-corrected chi connectivity index (χ2v) is 9.20. The van der Waals surface area contributed by atoms with E-state index in [4.69, 9.17) is 9.47 Å². The lowest BCUT2D eigenvalue weighted by molar-refractivity contribution is 0.129. The van der Waals surface area contributed by atoms with E-state index >= 15 is 4.39 Å². The Hall–Kier alpha value is -3.54. The topological polar surface area (TPSA) is 107 Å². The Kier molecular flexibility index (Phi) is 4.97. The van der Waals surface area contributed by atoms with Crippen molar-refractivity contribution in [2.45, 2.75) is 44.1 Å². The number of carbonyl (C=O) groups is 1. The highest BCUT2D eigenvalue weighted by atomic mass is 19.1. The van der Waals surface area contributed by atoms with E-state index < -0.39 is 6.09 Å². The highest BCUT2D eigenvalue weighted by Gasteiger charge is 2.44. The molecule has 3 aromatic rings. The lowest BCUT2D eigenvalue weighted by Gasteiger charge is -2.33. The molecule has 0 saturated carbocycles. The molecule has 2 atom stereocenters. The third-order valence-corrected chi connectivity index (χ3v) is 6.79. The minimum absolute atomic E-state index is 0.225. The number of ether oxygens (including phenoxy) is 2. The van der Waals surface area contributed by atoms with Crippen molar-refractivity contribution in [3.63, 3.8) is 0 Å². The number of cyclic esters (lactones) is 1. The molecule has 3 fully saturated rings. The molecule has 0 radical (unpaired) electrons. The number of nitrogens with zero attached hydrogens (tertiary/aromatic N) is 8. The van der Waals surface area contributed by atoms with Gasteiger partial charge in [-0.05, 0) is 38.0 Å². The molecule has 0 aliphatic carbocycles. The van der Waals surface area contributed by atoms with E-state index in [1.165, 1.54) is 11.0 Å². The summed E-state index contributed by atoms with van der Waals surface area (Å²) in [5.41, 5.74) is 1.59. The monoisotopic (exact) mass is 468 g/mol. The van der Waals surface area contributed by atoms with E-state index in [0.717, 1.165) is 18.5 Å². The first-order valence-corrected chi connectivity index (χ1v) is 11.4. The molecule has 11 nitrogen and oxygen atoms in total. The number of benzene rings is 1. The zero-order valence-electron chi connectivity index (χ0n) is 18.7. The summed E-state index contributed by atoms with van der Waals surface area (Å²) in [7, 11) is 0. The van der Waals surface area contributed by atoms with Crippen molar-refractivity contribution in [1.29, 1.82) is 0 Å². The van der Waals surface area contributed by atoms with Gasteiger partial charge in [-0.1, -0.05) is 10.4 Å². The first kappa shape index (κ1) is 21.0. The summed E-state index contributed by atoms with van der Waals surface area (Å²) in [5, 5.41) is 16.2. The van der Waals surface area contributed by atoms with Crippen LogP contribution in [0, 0.1) is 5.82 Å². The highest BCUT2D eigenvalue weighted by molar-refractivity contribution is 5.90. The predicted molar refractivity (Wildman–Crippen MR) is 118 cm³/mol. The number of anilines is 2. The number of rotatable bonds is 6. The fourth-order valence-corrected chi connectivity index (χ4v) is 4.61. The molecule has 34 heavy (non-hydrogen) atoms. The van der Waals surface area contributed by atoms with Crippen molar-refractivity contribution in [1.82, 2.24) is 30.0 Å². The molecule has 3 saturated heterocycles. The molecule has 5 heterocycles. The van der Waals surface area contributed by atoms with E-state index in [9.17, 15) is 4.79 Å². The van der Waals surface area contributed by atoms with Crippen LogP contribution in [0.4, 0.5) is 20.6 Å². The number of aromatic nitrogens is 6. The smallest absolute Gasteiger partial charge is 0.414 e. The molecule has 1 amide bonds. The standard InChI is InChI=1S/C22H25FN8O3/c1-22(14-33-22)20-13-31(27-25-20)15-4-7-28(8-5-15)19-3-2-16(10-18(19)23)30-12-17(34-21(30)32)11-29-9-6-24-26-29/h2-3,6,9-10,13,15,17H,4-5,7-8,11-12,14H2,1H3/t17-,22?/m0/s1. The lowest BCUT2D eigenvalue weighted by atomic mass is 10.0. The highest BCUT2D eigenvalue weighted by Crippen LogP contribution is 2.37. The summed E-state index contributed by atoms with van der Waals surface area (Å²) in [6.07, 6.45) is 6.05. The Morgan fingerprint density at radius 2 is 2.06 bits per heavy atom. The molecule has 3 aliphatic heterocycles. The Labute approximate surface area is 195 Å². The average Bonchev–Trinajstić information content (AvgIpc) is 3.26. The Balaban J connectivity index is 1.09. The second-order valence-electron chi connectivity index (χ2n) is 9.20. The van der Waals surface area contributed by atoms with Crippen LogP contribution in [0.15, 0.2) is 36.8 Å². The van der Waals surface area contributed by atoms with Crippen molar-refractivity contribution in [2.24, 2.45) is 0 Å². The number of carbonyl (C=O) groups excluding carboxylic acids is 1. The van der Waals surface area contributed by atoms with Gasteiger partial charge in [0.1, 0.15) is 23.2 Å². The number of epoxide rings is 1. The van der Waals surface area contributed by atoms with Gasteiger partial charge in [0.05, 0.1) is 49.5 Å². The number of hydrogen-bond donors (Lipinski definition) is 0. The Bertz CT molecular complexity index is 1190. The molecule has 12 heteroatoms. The predicted octanol–water partition coefficient (Wildman–Crippen LogP) is 2.12. The third kappa shape index (κ3) is 3.87. The van der Waals surface area contributed by atoms with E-state index in [-0.39, 0.29) is 23.6 Å². The van der Waals surface area contributed by atoms with Crippen molar-refractivity contribution in [2.75, 3.05) is 36.0 Å². The SMILES string of the molecule is CC1(c2cn(C3CCN(c4ccc(N5C[C@H](Cn6ccnn6)OC5=O)cc4F)CC3)nn2)CO1. The summed E-state index contributed by atoms with van der Waals surface area (Å²) >= 11 is 0. The van der Waals surface area contributed by atoms with Crippen molar-refractivity contribution in [3.8, 4) is 0 Å². The van der Waals surface area contributed by atoms with Crippen LogP contribution < -0.4 is 9.80 Å². The van der Waals surface area contributed by atoms with Gasteiger partial charge in [-0.3, -0.25) is 4.90 Å².